The lowest BCUT2D eigenvalue weighted by Gasteiger charge is -2.17. The Morgan fingerprint density at radius 3 is 1.71 bits per heavy atom. The van der Waals surface area contributed by atoms with Gasteiger partial charge in [-0.05, 0) is 58.7 Å². The molecule has 0 saturated carbocycles. The van der Waals surface area contributed by atoms with Crippen LogP contribution in [0.25, 0.3) is 32.7 Å². The first-order chi connectivity index (χ1) is 13.7. The van der Waals surface area contributed by atoms with Crippen LogP contribution in [0.15, 0.2) is 73.3 Å². The molecule has 136 valence electrons. The summed E-state index contributed by atoms with van der Waals surface area (Å²) in [5.74, 6) is 1.81. The van der Waals surface area contributed by atoms with Gasteiger partial charge in [0.05, 0.1) is 0 Å². The Hall–Kier alpha value is -3.20. The van der Waals surface area contributed by atoms with Gasteiger partial charge in [0.2, 0.25) is 0 Å². The zero-order valence-electron chi connectivity index (χ0n) is 16.2. The Labute approximate surface area is 165 Å². The van der Waals surface area contributed by atoms with Crippen LogP contribution >= 0.6 is 0 Å². The molecule has 0 aromatic heterocycles. The average molecular weight is 364 g/mol. The summed E-state index contributed by atoms with van der Waals surface area (Å²) in [6, 6.07) is 21.4. The first-order valence-electron chi connectivity index (χ1n) is 9.66. The molecule has 4 aromatic carbocycles. The van der Waals surface area contributed by atoms with Crippen LogP contribution in [0.5, 0.6) is 11.5 Å². The van der Waals surface area contributed by atoms with Crippen LogP contribution < -0.4 is 9.31 Å². The van der Waals surface area contributed by atoms with Crippen molar-refractivity contribution in [3.63, 3.8) is 0 Å². The summed E-state index contributed by atoms with van der Waals surface area (Å²) >= 11 is 0. The third-order valence-electron chi connectivity index (χ3n) is 5.48. The van der Waals surface area contributed by atoms with Crippen LogP contribution in [0, 0.1) is 13.8 Å². The molecule has 0 amide bonds. The summed E-state index contributed by atoms with van der Waals surface area (Å²) in [6.45, 7) is 8.10. The summed E-state index contributed by atoms with van der Waals surface area (Å²) in [6.07, 6.45) is 2.47. The van der Waals surface area contributed by atoms with Crippen molar-refractivity contribution in [1.29, 1.82) is 0 Å². The summed E-state index contributed by atoms with van der Waals surface area (Å²) in [5.41, 5.74) is 4.48. The van der Waals surface area contributed by atoms with Crippen LogP contribution in [0.4, 0.5) is 0 Å². The molecule has 0 unspecified atom stereocenters. The Morgan fingerprint density at radius 1 is 0.786 bits per heavy atom. The molecule has 5 rings (SSSR count). The molecule has 0 bridgehead atoms. The zero-order valence-corrected chi connectivity index (χ0v) is 16.2. The van der Waals surface area contributed by atoms with E-state index in [0.29, 0.717) is 6.32 Å². The molecule has 1 aliphatic rings. The molecule has 0 spiro atoms. The highest BCUT2D eigenvalue weighted by Crippen LogP contribution is 2.50. The molecule has 0 saturated heterocycles. The minimum Gasteiger partial charge on any atom is -0.525 e. The number of benzene rings is 4. The molecule has 0 fully saturated rings. The van der Waals surface area contributed by atoms with Crippen molar-refractivity contribution in [3.05, 3.63) is 84.4 Å². The minimum atomic E-state index is -0.391. The lowest BCUT2D eigenvalue weighted by Crippen LogP contribution is -2.28. The van der Waals surface area contributed by atoms with E-state index in [-0.39, 0.29) is 0 Å². The molecule has 0 aliphatic carbocycles. The van der Waals surface area contributed by atoms with Crippen LogP contribution in [-0.2, 0) is 0 Å². The third-order valence-corrected chi connectivity index (χ3v) is 5.48. The number of hydrogen-bond acceptors (Lipinski definition) is 2. The Balaban J connectivity index is 1.99. The summed E-state index contributed by atoms with van der Waals surface area (Å²) < 4.78 is 12.9. The Kier molecular flexibility index (Phi) is 3.90. The molecule has 0 atom stereocenters. The maximum atomic E-state index is 6.43. The van der Waals surface area contributed by atoms with Crippen molar-refractivity contribution >= 4 is 28.7 Å². The van der Waals surface area contributed by atoms with Gasteiger partial charge in [0, 0.05) is 17.4 Å². The molecule has 1 aliphatic heterocycles. The van der Waals surface area contributed by atoms with E-state index in [1.165, 1.54) is 21.5 Å². The second-order valence-electron chi connectivity index (χ2n) is 7.43. The van der Waals surface area contributed by atoms with E-state index in [4.69, 9.17) is 9.31 Å². The SMILES string of the molecule is C=CCB1Oc2c(C)cc3ccccc3c2-c2c(c(C)cc3ccccc23)O1. The number of hydrogen-bond donors (Lipinski definition) is 0. The van der Waals surface area contributed by atoms with Gasteiger partial charge < -0.3 is 9.31 Å². The molecule has 0 radical (unpaired) electrons. The second-order valence-corrected chi connectivity index (χ2v) is 7.43. The summed E-state index contributed by atoms with van der Waals surface area (Å²) in [4.78, 5) is 0. The van der Waals surface area contributed by atoms with Gasteiger partial charge in [-0.1, -0.05) is 54.6 Å². The lowest BCUT2D eigenvalue weighted by molar-refractivity contribution is 0.431. The summed E-state index contributed by atoms with van der Waals surface area (Å²) in [5, 5.41) is 4.79. The fraction of sp³-hybridized carbons (Fsp3) is 0.120. The molecular weight excluding hydrogens is 343 g/mol. The van der Waals surface area contributed by atoms with E-state index < -0.39 is 7.12 Å². The fourth-order valence-electron chi connectivity index (χ4n) is 4.26. The van der Waals surface area contributed by atoms with Gasteiger partial charge in [-0.15, -0.1) is 6.58 Å². The van der Waals surface area contributed by atoms with E-state index in [9.17, 15) is 0 Å². The number of aryl methyl sites for hydroxylation is 2. The predicted octanol–water partition coefficient (Wildman–Crippen LogP) is 6.72. The topological polar surface area (TPSA) is 18.5 Å². The molecular formula is C25H21BO2. The highest BCUT2D eigenvalue weighted by molar-refractivity contribution is 6.47. The molecule has 2 nitrogen and oxygen atoms in total. The van der Waals surface area contributed by atoms with Crippen molar-refractivity contribution < 1.29 is 9.31 Å². The van der Waals surface area contributed by atoms with E-state index in [1.807, 2.05) is 6.08 Å². The zero-order chi connectivity index (χ0) is 19.3. The Morgan fingerprint density at radius 2 is 1.25 bits per heavy atom. The van der Waals surface area contributed by atoms with Gasteiger partial charge in [0.15, 0.2) is 0 Å². The van der Waals surface area contributed by atoms with E-state index in [2.05, 4.69) is 81.1 Å². The third kappa shape index (κ3) is 2.50. The van der Waals surface area contributed by atoms with Crippen LogP contribution in [0.3, 0.4) is 0 Å². The molecule has 3 heteroatoms. The van der Waals surface area contributed by atoms with Crippen molar-refractivity contribution in [1.82, 2.24) is 0 Å². The first kappa shape index (κ1) is 16.9. The average Bonchev–Trinajstić information content (AvgIpc) is 2.87. The second kappa shape index (κ2) is 6.45. The van der Waals surface area contributed by atoms with Crippen LogP contribution in [-0.4, -0.2) is 7.12 Å². The maximum absolute atomic E-state index is 6.43. The number of allylic oxidation sites excluding steroid dienone is 1. The molecule has 1 heterocycles. The van der Waals surface area contributed by atoms with Crippen molar-refractivity contribution in [2.75, 3.05) is 0 Å². The summed E-state index contributed by atoms with van der Waals surface area (Å²) in [7, 11) is -0.391. The van der Waals surface area contributed by atoms with Crippen LogP contribution in [0.1, 0.15) is 11.1 Å². The standard InChI is InChI=1S/C25H21BO2/c1-4-13-26-27-24-16(2)14-18-9-5-7-11-20(18)22(24)23-21-12-8-6-10-19(21)15-17(3)25(23)28-26/h4-12,14-15H,1,13H2,2-3H3. The van der Waals surface area contributed by atoms with Gasteiger partial charge in [0.1, 0.15) is 11.5 Å². The van der Waals surface area contributed by atoms with Gasteiger partial charge >= 0.3 is 7.12 Å². The van der Waals surface area contributed by atoms with Gasteiger partial charge in [-0.2, -0.15) is 0 Å². The first-order valence-corrected chi connectivity index (χ1v) is 9.66. The Bertz CT molecular complexity index is 1150. The van der Waals surface area contributed by atoms with Crippen molar-refractivity contribution in [3.8, 4) is 22.6 Å². The number of fused-ring (bicyclic) bond motifs is 7. The molecule has 4 aromatic rings. The van der Waals surface area contributed by atoms with Gasteiger partial charge in [-0.25, -0.2) is 0 Å². The smallest absolute Gasteiger partial charge is 0.525 e. The largest absolute Gasteiger partial charge is 0.598 e. The molecule has 28 heavy (non-hydrogen) atoms. The monoisotopic (exact) mass is 364 g/mol. The van der Waals surface area contributed by atoms with Gasteiger partial charge in [-0.3, -0.25) is 0 Å². The lowest BCUT2D eigenvalue weighted by atomic mass is 9.84. The van der Waals surface area contributed by atoms with Crippen molar-refractivity contribution in [2.45, 2.75) is 20.2 Å². The van der Waals surface area contributed by atoms with E-state index >= 15 is 0 Å². The highest BCUT2D eigenvalue weighted by Gasteiger charge is 2.32. The van der Waals surface area contributed by atoms with Crippen LogP contribution in [0.2, 0.25) is 6.32 Å². The van der Waals surface area contributed by atoms with E-state index in [1.54, 1.807) is 0 Å². The maximum Gasteiger partial charge on any atom is 0.598 e. The van der Waals surface area contributed by atoms with Gasteiger partial charge in [0.25, 0.3) is 0 Å². The highest BCUT2D eigenvalue weighted by atomic mass is 16.6. The molecule has 0 N–H and O–H groups in total. The number of rotatable bonds is 2. The quantitative estimate of drug-likeness (QED) is 0.290. The minimum absolute atomic E-state index is 0.391. The van der Waals surface area contributed by atoms with E-state index in [0.717, 1.165) is 33.8 Å². The fourth-order valence-corrected chi connectivity index (χ4v) is 4.26. The predicted molar refractivity (Wildman–Crippen MR) is 118 cm³/mol. The van der Waals surface area contributed by atoms with Crippen molar-refractivity contribution in [2.24, 2.45) is 0 Å². The normalized spacial score (nSPS) is 12.7.